The number of hydrogen-bond acceptors (Lipinski definition) is 3. The number of carbonyl (C=O) groups excluding carboxylic acids is 1. The lowest BCUT2D eigenvalue weighted by molar-refractivity contribution is -0.126. The van der Waals surface area contributed by atoms with E-state index in [1.807, 2.05) is 31.2 Å². The van der Waals surface area contributed by atoms with Gasteiger partial charge in [-0.3, -0.25) is 4.79 Å². The van der Waals surface area contributed by atoms with Gasteiger partial charge < -0.3 is 15.8 Å². The van der Waals surface area contributed by atoms with Crippen molar-refractivity contribution in [3.8, 4) is 0 Å². The Morgan fingerprint density at radius 2 is 2.33 bits per heavy atom. The second kappa shape index (κ2) is 8.08. The number of nitrogens with two attached hydrogens (primary N) is 1. The summed E-state index contributed by atoms with van der Waals surface area (Å²) in [4.78, 5) is 11.6. The van der Waals surface area contributed by atoms with E-state index in [-0.39, 0.29) is 18.6 Å². The molecule has 4 nitrogen and oxygen atoms in total. The average molecular weight is 271 g/mol. The molecule has 3 N–H and O–H groups in total. The van der Waals surface area contributed by atoms with Gasteiger partial charge in [0.1, 0.15) is 6.61 Å². The fraction of sp³-hybridized carbons (Fsp3) is 0.462. The molecule has 0 aliphatic rings. The summed E-state index contributed by atoms with van der Waals surface area (Å²) in [5.74, 6) is -0.143. The van der Waals surface area contributed by atoms with Crippen molar-refractivity contribution in [3.05, 3.63) is 34.9 Å². The topological polar surface area (TPSA) is 64.3 Å². The fourth-order valence-corrected chi connectivity index (χ4v) is 1.83. The number of ether oxygens (including phenoxy) is 1. The Kier molecular flexibility index (Phi) is 6.72. The number of nitrogens with one attached hydrogen (secondary N) is 1. The maximum Gasteiger partial charge on any atom is 0.246 e. The van der Waals surface area contributed by atoms with Crippen molar-refractivity contribution in [1.29, 1.82) is 0 Å². The van der Waals surface area contributed by atoms with Crippen LogP contribution in [0.1, 0.15) is 24.9 Å². The SMILES string of the molecule is CCC(NC(=O)COCCN)c1cccc(Cl)c1. The van der Waals surface area contributed by atoms with Crippen LogP contribution in [0.25, 0.3) is 0 Å². The minimum Gasteiger partial charge on any atom is -0.370 e. The van der Waals surface area contributed by atoms with Gasteiger partial charge in [-0.05, 0) is 24.1 Å². The second-order valence-corrected chi connectivity index (χ2v) is 4.36. The molecular formula is C13H19ClN2O2. The third-order valence-corrected chi connectivity index (χ3v) is 2.72. The van der Waals surface area contributed by atoms with Crippen LogP contribution in [-0.2, 0) is 9.53 Å². The molecule has 0 heterocycles. The van der Waals surface area contributed by atoms with E-state index >= 15 is 0 Å². The van der Waals surface area contributed by atoms with Crippen LogP contribution in [-0.4, -0.2) is 25.7 Å². The highest BCUT2D eigenvalue weighted by Crippen LogP contribution is 2.20. The average Bonchev–Trinajstić information content (AvgIpc) is 2.36. The summed E-state index contributed by atoms with van der Waals surface area (Å²) in [5, 5.41) is 3.57. The summed E-state index contributed by atoms with van der Waals surface area (Å²) < 4.78 is 5.09. The van der Waals surface area contributed by atoms with E-state index in [9.17, 15) is 4.79 Å². The monoisotopic (exact) mass is 270 g/mol. The molecule has 1 atom stereocenters. The van der Waals surface area contributed by atoms with Crippen LogP contribution in [0.4, 0.5) is 0 Å². The number of carbonyl (C=O) groups is 1. The van der Waals surface area contributed by atoms with Gasteiger partial charge in [0, 0.05) is 11.6 Å². The maximum absolute atomic E-state index is 11.6. The first-order valence-corrected chi connectivity index (χ1v) is 6.37. The quantitative estimate of drug-likeness (QED) is 0.744. The Bertz CT molecular complexity index is 385. The van der Waals surface area contributed by atoms with Gasteiger partial charge in [-0.25, -0.2) is 0 Å². The van der Waals surface area contributed by atoms with Gasteiger partial charge in [0.2, 0.25) is 5.91 Å². The molecule has 0 saturated carbocycles. The molecule has 1 rings (SSSR count). The van der Waals surface area contributed by atoms with Crippen molar-refractivity contribution < 1.29 is 9.53 Å². The maximum atomic E-state index is 11.6. The van der Waals surface area contributed by atoms with Gasteiger partial charge in [0.25, 0.3) is 0 Å². The van der Waals surface area contributed by atoms with Crippen molar-refractivity contribution in [2.45, 2.75) is 19.4 Å². The molecule has 1 unspecified atom stereocenters. The largest absolute Gasteiger partial charge is 0.370 e. The van der Waals surface area contributed by atoms with Gasteiger partial charge in [-0.1, -0.05) is 30.7 Å². The van der Waals surface area contributed by atoms with E-state index < -0.39 is 0 Å². The minimum absolute atomic E-state index is 0.0360. The Morgan fingerprint density at radius 3 is 2.94 bits per heavy atom. The van der Waals surface area contributed by atoms with Crippen molar-refractivity contribution in [1.82, 2.24) is 5.32 Å². The lowest BCUT2D eigenvalue weighted by atomic mass is 10.0. The number of amides is 1. The summed E-state index contributed by atoms with van der Waals surface area (Å²) in [7, 11) is 0. The summed E-state index contributed by atoms with van der Waals surface area (Å²) in [5.41, 5.74) is 6.28. The first kappa shape index (κ1) is 15.0. The van der Waals surface area contributed by atoms with Crippen LogP contribution in [0.5, 0.6) is 0 Å². The van der Waals surface area contributed by atoms with Crippen molar-refractivity contribution in [3.63, 3.8) is 0 Å². The molecule has 1 amide bonds. The predicted molar refractivity (Wildman–Crippen MR) is 72.5 cm³/mol. The summed E-state index contributed by atoms with van der Waals surface area (Å²) in [6.45, 7) is 2.85. The highest BCUT2D eigenvalue weighted by Gasteiger charge is 2.12. The molecule has 100 valence electrons. The number of halogens is 1. The van der Waals surface area contributed by atoms with Crippen molar-refractivity contribution in [2.75, 3.05) is 19.8 Å². The molecule has 0 saturated heterocycles. The highest BCUT2D eigenvalue weighted by molar-refractivity contribution is 6.30. The fourth-order valence-electron chi connectivity index (χ4n) is 1.63. The van der Waals surface area contributed by atoms with E-state index in [2.05, 4.69) is 5.32 Å². The zero-order valence-corrected chi connectivity index (χ0v) is 11.2. The van der Waals surface area contributed by atoms with Gasteiger partial charge in [0.15, 0.2) is 0 Å². The molecule has 1 aromatic carbocycles. The molecule has 18 heavy (non-hydrogen) atoms. The molecule has 0 aliphatic heterocycles. The third-order valence-electron chi connectivity index (χ3n) is 2.49. The number of rotatable bonds is 7. The summed E-state index contributed by atoms with van der Waals surface area (Å²) >= 11 is 5.93. The van der Waals surface area contributed by atoms with E-state index in [0.29, 0.717) is 18.2 Å². The first-order valence-electron chi connectivity index (χ1n) is 6.00. The molecule has 0 radical (unpaired) electrons. The van der Waals surface area contributed by atoms with Gasteiger partial charge in [0.05, 0.1) is 12.6 Å². The van der Waals surface area contributed by atoms with Crippen LogP contribution in [0.2, 0.25) is 5.02 Å². The Labute approximate surface area is 112 Å². The van der Waals surface area contributed by atoms with Crippen LogP contribution in [0.15, 0.2) is 24.3 Å². The first-order chi connectivity index (χ1) is 8.67. The minimum atomic E-state index is -0.143. The van der Waals surface area contributed by atoms with Gasteiger partial charge in [-0.2, -0.15) is 0 Å². The highest BCUT2D eigenvalue weighted by atomic mass is 35.5. The Balaban J connectivity index is 2.54. The lowest BCUT2D eigenvalue weighted by Gasteiger charge is -2.17. The molecule has 0 spiro atoms. The van der Waals surface area contributed by atoms with Crippen LogP contribution in [0, 0.1) is 0 Å². The van der Waals surface area contributed by atoms with Crippen LogP contribution < -0.4 is 11.1 Å². The summed E-state index contributed by atoms with van der Waals surface area (Å²) in [6, 6.07) is 7.44. The third kappa shape index (κ3) is 5.04. The molecular weight excluding hydrogens is 252 g/mol. The molecule has 1 aromatic rings. The van der Waals surface area contributed by atoms with E-state index in [4.69, 9.17) is 22.1 Å². The zero-order chi connectivity index (χ0) is 13.4. The smallest absolute Gasteiger partial charge is 0.246 e. The molecule has 0 bridgehead atoms. The van der Waals surface area contributed by atoms with Crippen LogP contribution in [0.3, 0.4) is 0 Å². The van der Waals surface area contributed by atoms with Gasteiger partial charge in [-0.15, -0.1) is 0 Å². The Hall–Kier alpha value is -1.10. The molecule has 0 aliphatic carbocycles. The molecule has 0 aromatic heterocycles. The van der Waals surface area contributed by atoms with E-state index in [1.54, 1.807) is 0 Å². The second-order valence-electron chi connectivity index (χ2n) is 3.92. The normalized spacial score (nSPS) is 12.2. The van der Waals surface area contributed by atoms with Gasteiger partial charge >= 0.3 is 0 Å². The molecule has 0 fully saturated rings. The summed E-state index contributed by atoms with van der Waals surface area (Å²) in [6.07, 6.45) is 0.795. The number of hydrogen-bond donors (Lipinski definition) is 2. The van der Waals surface area contributed by atoms with Crippen molar-refractivity contribution in [2.24, 2.45) is 5.73 Å². The standard InChI is InChI=1S/C13H19ClN2O2/c1-2-12(10-4-3-5-11(14)8-10)16-13(17)9-18-7-6-15/h3-5,8,12H,2,6-7,9,15H2,1H3,(H,16,17). The predicted octanol–water partition coefficient (Wildman–Crippen LogP) is 1.88. The van der Waals surface area contributed by atoms with Crippen molar-refractivity contribution >= 4 is 17.5 Å². The Morgan fingerprint density at radius 1 is 1.56 bits per heavy atom. The zero-order valence-electron chi connectivity index (χ0n) is 10.5. The van der Waals surface area contributed by atoms with E-state index in [0.717, 1.165) is 12.0 Å². The number of benzene rings is 1. The van der Waals surface area contributed by atoms with Crippen LogP contribution >= 0.6 is 11.6 Å². The van der Waals surface area contributed by atoms with E-state index in [1.165, 1.54) is 0 Å². The molecule has 5 heteroatoms. The lowest BCUT2D eigenvalue weighted by Crippen LogP contribution is -2.32.